The maximum absolute atomic E-state index is 11.3. The van der Waals surface area contributed by atoms with E-state index in [1.807, 2.05) is 32.9 Å². The Morgan fingerprint density at radius 3 is 2.15 bits per heavy atom. The van der Waals surface area contributed by atoms with Crippen molar-refractivity contribution in [3.05, 3.63) is 69.8 Å². The smallest absolute Gasteiger partial charge is 0.336 e. The zero-order chi connectivity index (χ0) is 14.9. The number of rotatable bonds is 3. The normalized spacial score (nSPS) is 12.2. The van der Waals surface area contributed by atoms with E-state index in [0.29, 0.717) is 5.56 Å². The van der Waals surface area contributed by atoms with E-state index in [-0.39, 0.29) is 5.56 Å². The molecule has 0 aliphatic carbocycles. The molecule has 0 spiro atoms. The van der Waals surface area contributed by atoms with Crippen molar-refractivity contribution in [1.29, 1.82) is 0 Å². The van der Waals surface area contributed by atoms with Crippen molar-refractivity contribution in [2.75, 3.05) is 0 Å². The second-order valence-electron chi connectivity index (χ2n) is 5.11. The number of hydrogen-bond acceptors (Lipinski definition) is 2. The van der Waals surface area contributed by atoms with Crippen molar-refractivity contribution >= 4 is 5.97 Å². The molecular formula is C17H18O3. The third kappa shape index (κ3) is 2.58. The summed E-state index contributed by atoms with van der Waals surface area (Å²) >= 11 is 0. The standard InChI is InChI=1S/C17H18O3/c1-10-8-11(2)15(12(3)9-10)16(18)13-6-4-5-7-14(13)17(19)20/h4-9,16,18H,1-3H3,(H,19,20). The molecule has 0 fully saturated rings. The minimum atomic E-state index is -1.03. The van der Waals surface area contributed by atoms with Crippen LogP contribution in [0.3, 0.4) is 0 Å². The monoisotopic (exact) mass is 270 g/mol. The van der Waals surface area contributed by atoms with Gasteiger partial charge in [0, 0.05) is 0 Å². The molecule has 2 aromatic rings. The predicted molar refractivity (Wildman–Crippen MR) is 78.1 cm³/mol. The molecule has 20 heavy (non-hydrogen) atoms. The molecule has 0 radical (unpaired) electrons. The van der Waals surface area contributed by atoms with Gasteiger partial charge in [0.25, 0.3) is 0 Å². The van der Waals surface area contributed by atoms with Crippen molar-refractivity contribution in [2.24, 2.45) is 0 Å². The SMILES string of the molecule is Cc1cc(C)c(C(O)c2ccccc2C(=O)O)c(C)c1. The van der Waals surface area contributed by atoms with Gasteiger partial charge >= 0.3 is 5.97 Å². The Morgan fingerprint density at radius 1 is 1.05 bits per heavy atom. The topological polar surface area (TPSA) is 57.5 Å². The Balaban J connectivity index is 2.58. The highest BCUT2D eigenvalue weighted by Crippen LogP contribution is 2.30. The molecule has 0 amide bonds. The summed E-state index contributed by atoms with van der Waals surface area (Å²) in [5, 5.41) is 19.8. The van der Waals surface area contributed by atoms with Crippen LogP contribution in [0, 0.1) is 20.8 Å². The summed E-state index contributed by atoms with van der Waals surface area (Å²) in [6.07, 6.45) is -0.928. The highest BCUT2D eigenvalue weighted by Gasteiger charge is 2.21. The summed E-state index contributed by atoms with van der Waals surface area (Å²) in [6, 6.07) is 10.6. The predicted octanol–water partition coefficient (Wildman–Crippen LogP) is 3.39. The van der Waals surface area contributed by atoms with E-state index in [0.717, 1.165) is 22.3 Å². The molecule has 1 unspecified atom stereocenters. The number of aromatic carboxylic acids is 1. The number of carboxylic acid groups (broad SMARTS) is 1. The molecule has 2 aromatic carbocycles. The van der Waals surface area contributed by atoms with Gasteiger partial charge in [-0.2, -0.15) is 0 Å². The molecule has 2 N–H and O–H groups in total. The fourth-order valence-electron chi connectivity index (χ4n) is 2.71. The Labute approximate surface area is 118 Å². The fourth-order valence-corrected chi connectivity index (χ4v) is 2.71. The van der Waals surface area contributed by atoms with Crippen LogP contribution in [0.5, 0.6) is 0 Å². The van der Waals surface area contributed by atoms with Gasteiger partial charge in [0.1, 0.15) is 6.10 Å². The van der Waals surface area contributed by atoms with Crippen LogP contribution in [0.4, 0.5) is 0 Å². The summed E-state index contributed by atoms with van der Waals surface area (Å²) in [5.41, 5.74) is 4.41. The molecule has 1 atom stereocenters. The molecule has 0 saturated carbocycles. The first-order valence-electron chi connectivity index (χ1n) is 6.50. The van der Waals surface area contributed by atoms with Gasteiger partial charge in [-0.3, -0.25) is 0 Å². The number of benzene rings is 2. The molecule has 0 aliphatic rings. The molecular weight excluding hydrogens is 252 g/mol. The van der Waals surface area contributed by atoms with Crippen molar-refractivity contribution in [3.8, 4) is 0 Å². The Hall–Kier alpha value is -2.13. The molecule has 0 heterocycles. The van der Waals surface area contributed by atoms with E-state index in [2.05, 4.69) is 0 Å². The number of carbonyl (C=O) groups is 1. The fraction of sp³-hybridized carbons (Fsp3) is 0.235. The first kappa shape index (κ1) is 14.3. The largest absolute Gasteiger partial charge is 0.478 e. The molecule has 3 nitrogen and oxygen atoms in total. The van der Waals surface area contributed by atoms with Crippen LogP contribution < -0.4 is 0 Å². The van der Waals surface area contributed by atoms with Gasteiger partial charge in [-0.15, -0.1) is 0 Å². The molecule has 104 valence electrons. The van der Waals surface area contributed by atoms with Crippen molar-refractivity contribution in [1.82, 2.24) is 0 Å². The van der Waals surface area contributed by atoms with E-state index < -0.39 is 12.1 Å². The Morgan fingerprint density at radius 2 is 1.60 bits per heavy atom. The Bertz CT molecular complexity index is 636. The van der Waals surface area contributed by atoms with Gasteiger partial charge in [-0.05, 0) is 49.1 Å². The molecule has 2 rings (SSSR count). The first-order valence-corrected chi connectivity index (χ1v) is 6.50. The van der Waals surface area contributed by atoms with Crippen LogP contribution in [0.1, 0.15) is 44.3 Å². The van der Waals surface area contributed by atoms with Crippen LogP contribution in [-0.4, -0.2) is 16.2 Å². The summed E-state index contributed by atoms with van der Waals surface area (Å²) in [6.45, 7) is 5.87. The first-order chi connectivity index (χ1) is 9.41. The van der Waals surface area contributed by atoms with Crippen LogP contribution in [0.2, 0.25) is 0 Å². The second-order valence-corrected chi connectivity index (χ2v) is 5.11. The number of aryl methyl sites for hydroxylation is 3. The zero-order valence-electron chi connectivity index (χ0n) is 11.8. The van der Waals surface area contributed by atoms with Crippen molar-refractivity contribution in [3.63, 3.8) is 0 Å². The Kier molecular flexibility index (Phi) is 3.91. The van der Waals surface area contributed by atoms with Gasteiger partial charge in [0.2, 0.25) is 0 Å². The van der Waals surface area contributed by atoms with E-state index >= 15 is 0 Å². The summed E-state index contributed by atoms with van der Waals surface area (Å²) in [7, 11) is 0. The lowest BCUT2D eigenvalue weighted by atomic mass is 9.90. The molecule has 0 aromatic heterocycles. The highest BCUT2D eigenvalue weighted by atomic mass is 16.4. The second kappa shape index (κ2) is 5.47. The molecule has 0 aliphatic heterocycles. The lowest BCUT2D eigenvalue weighted by molar-refractivity contribution is 0.0691. The summed E-state index contributed by atoms with van der Waals surface area (Å²) in [4.78, 5) is 11.3. The van der Waals surface area contributed by atoms with Gasteiger partial charge in [0.05, 0.1) is 5.56 Å². The van der Waals surface area contributed by atoms with Gasteiger partial charge in [-0.25, -0.2) is 4.79 Å². The molecule has 3 heteroatoms. The van der Waals surface area contributed by atoms with Crippen LogP contribution in [-0.2, 0) is 0 Å². The van der Waals surface area contributed by atoms with Crippen molar-refractivity contribution in [2.45, 2.75) is 26.9 Å². The van der Waals surface area contributed by atoms with E-state index in [9.17, 15) is 15.0 Å². The van der Waals surface area contributed by atoms with E-state index in [4.69, 9.17) is 0 Å². The molecule has 0 bridgehead atoms. The van der Waals surface area contributed by atoms with Crippen LogP contribution >= 0.6 is 0 Å². The number of aliphatic hydroxyl groups excluding tert-OH is 1. The summed E-state index contributed by atoms with van der Waals surface area (Å²) < 4.78 is 0. The number of carboxylic acids is 1. The molecule has 0 saturated heterocycles. The number of hydrogen-bond donors (Lipinski definition) is 2. The maximum Gasteiger partial charge on any atom is 0.336 e. The lowest BCUT2D eigenvalue weighted by Crippen LogP contribution is -2.10. The van der Waals surface area contributed by atoms with Crippen molar-refractivity contribution < 1.29 is 15.0 Å². The quantitative estimate of drug-likeness (QED) is 0.898. The van der Waals surface area contributed by atoms with Gasteiger partial charge in [0.15, 0.2) is 0 Å². The lowest BCUT2D eigenvalue weighted by Gasteiger charge is -2.19. The number of aliphatic hydroxyl groups is 1. The van der Waals surface area contributed by atoms with E-state index in [1.54, 1.807) is 18.2 Å². The average molecular weight is 270 g/mol. The zero-order valence-corrected chi connectivity index (χ0v) is 11.8. The minimum absolute atomic E-state index is 0.138. The van der Waals surface area contributed by atoms with Crippen LogP contribution in [0.15, 0.2) is 36.4 Å². The average Bonchev–Trinajstić information content (AvgIpc) is 2.37. The third-order valence-corrected chi connectivity index (χ3v) is 3.50. The van der Waals surface area contributed by atoms with Gasteiger partial charge < -0.3 is 10.2 Å². The van der Waals surface area contributed by atoms with E-state index in [1.165, 1.54) is 6.07 Å². The van der Waals surface area contributed by atoms with Gasteiger partial charge in [-0.1, -0.05) is 35.9 Å². The highest BCUT2D eigenvalue weighted by molar-refractivity contribution is 5.89. The third-order valence-electron chi connectivity index (χ3n) is 3.50. The minimum Gasteiger partial charge on any atom is -0.478 e. The maximum atomic E-state index is 11.3. The summed E-state index contributed by atoms with van der Waals surface area (Å²) in [5.74, 6) is -1.03. The van der Waals surface area contributed by atoms with Crippen LogP contribution in [0.25, 0.3) is 0 Å².